The molecule has 0 N–H and O–H groups in total. The zero-order valence-corrected chi connectivity index (χ0v) is 60.8. The number of hydrogen-bond donors (Lipinski definition) is 0. The Kier molecular flexibility index (Phi) is 25.6. The summed E-state index contributed by atoms with van der Waals surface area (Å²) in [4.78, 5) is 51.7. The molecular weight excluding hydrogens is 1280 g/mol. The number of ether oxygens (including phenoxy) is 12. The first kappa shape index (κ1) is 74.8. The highest BCUT2D eigenvalue weighted by Gasteiger charge is 2.42. The van der Waals surface area contributed by atoms with Gasteiger partial charge in [-0.25, -0.2) is 19.2 Å². The lowest BCUT2D eigenvalue weighted by Crippen LogP contribution is -2.55. The molecule has 0 radical (unpaired) electrons. The number of rotatable bonds is 33. The molecule has 2 fully saturated rings. The third-order valence-electron chi connectivity index (χ3n) is 21.0. The zero-order valence-electron chi connectivity index (χ0n) is 60.8. The first-order valence-electron chi connectivity index (χ1n) is 35.3. The number of likely N-dealkylation sites (N-methyl/N-ethyl adjacent to an activating group) is 3. The smallest absolute Gasteiger partial charge is 0.331 e. The Bertz CT molecular complexity index is 3840. The molecule has 8 unspecified atom stereocenters. The van der Waals surface area contributed by atoms with Crippen molar-refractivity contribution in [2.45, 2.75) is 82.8 Å². The van der Waals surface area contributed by atoms with Crippen LogP contribution in [0.25, 0.3) is 0 Å². The minimum atomic E-state index is -0.643. The standard InChI is InChI=1S/C81H104N4O16/c1-82(51-60-20-26-68(92-7)27-21-60)37-32-63(53-82)56-100-80(88)30-28-78(86)97-42-13-36-85(4)39-34-65-48-75(94-9)77(50-71(65)73(85)46-59-18-24-67(91-6)25-19-59)99-55-62-15-11-14-61(44-62)52-83(2)40-43-96-69(54-83)57-101-81(89)31-29-79(87)98-41-12-35-84(3)38-33-64-47-74(93-8)76(95-10)49-70(64)72(84)45-58-16-22-66(90-5)23-17-58/h11,14-31,44,47-50,63,69,72-73H,12-13,32-43,45-46,51-57H2,1-10H3/q+4/b30-28-,31-29-. The van der Waals surface area contributed by atoms with E-state index < -0.39 is 23.9 Å². The fourth-order valence-corrected chi connectivity index (χ4v) is 15.3. The monoisotopic (exact) mass is 1390 g/mol. The Labute approximate surface area is 596 Å². The summed E-state index contributed by atoms with van der Waals surface area (Å²) in [5, 5.41) is 0. The van der Waals surface area contributed by atoms with E-state index in [2.05, 4.69) is 113 Å². The topological polar surface area (TPSA) is 179 Å². The first-order chi connectivity index (χ1) is 48.7. The van der Waals surface area contributed by atoms with Crippen molar-refractivity contribution in [3.63, 3.8) is 0 Å². The maximum atomic E-state index is 13.0. The van der Waals surface area contributed by atoms with Crippen molar-refractivity contribution in [1.29, 1.82) is 0 Å². The van der Waals surface area contributed by atoms with Crippen molar-refractivity contribution in [1.82, 2.24) is 0 Å². The summed E-state index contributed by atoms with van der Waals surface area (Å²) in [5.41, 5.74) is 10.6. The van der Waals surface area contributed by atoms with Crippen LogP contribution in [0.4, 0.5) is 0 Å². The number of quaternary nitrogens is 4. The quantitative estimate of drug-likeness (QED) is 0.0125. The molecule has 2 saturated heterocycles. The van der Waals surface area contributed by atoms with Crippen LogP contribution in [0.3, 0.4) is 0 Å². The van der Waals surface area contributed by atoms with Gasteiger partial charge in [0, 0.05) is 97.4 Å². The van der Waals surface area contributed by atoms with Crippen LogP contribution in [0.2, 0.25) is 0 Å². The molecule has 540 valence electrons. The molecule has 4 aliphatic heterocycles. The highest BCUT2D eigenvalue weighted by atomic mass is 16.6. The molecule has 0 aromatic heterocycles. The average Bonchev–Trinajstić information content (AvgIpc) is 1.31. The molecule has 20 heteroatoms. The van der Waals surface area contributed by atoms with E-state index in [4.69, 9.17) is 56.8 Å². The fourth-order valence-electron chi connectivity index (χ4n) is 15.3. The van der Waals surface area contributed by atoms with Crippen molar-refractivity contribution >= 4 is 23.9 Å². The zero-order chi connectivity index (χ0) is 71.6. The lowest BCUT2D eigenvalue weighted by molar-refractivity contribution is -0.941. The summed E-state index contributed by atoms with van der Waals surface area (Å²) < 4.78 is 72.1. The largest absolute Gasteiger partial charge is 0.497 e. The van der Waals surface area contributed by atoms with Crippen molar-refractivity contribution < 1.29 is 94.0 Å². The minimum absolute atomic E-state index is 0.0274. The third-order valence-corrected chi connectivity index (χ3v) is 21.0. The van der Waals surface area contributed by atoms with Gasteiger partial charge in [-0.1, -0.05) is 42.5 Å². The van der Waals surface area contributed by atoms with E-state index in [9.17, 15) is 19.2 Å². The van der Waals surface area contributed by atoms with E-state index in [1.54, 1.807) is 42.7 Å². The van der Waals surface area contributed by atoms with Crippen molar-refractivity contribution in [2.75, 3.05) is 156 Å². The Balaban J connectivity index is 0.685. The van der Waals surface area contributed by atoms with Gasteiger partial charge in [0.2, 0.25) is 0 Å². The van der Waals surface area contributed by atoms with Crippen molar-refractivity contribution in [3.8, 4) is 40.2 Å². The normalized spacial score (nSPS) is 23.1. The predicted molar refractivity (Wildman–Crippen MR) is 383 cm³/mol. The number of hydrogen-bond acceptors (Lipinski definition) is 16. The van der Waals surface area contributed by atoms with E-state index in [1.165, 1.54) is 39.5 Å². The maximum Gasteiger partial charge on any atom is 0.331 e. The summed E-state index contributed by atoms with van der Waals surface area (Å²) in [5.74, 6) is 3.00. The number of nitrogens with zero attached hydrogens (tertiary/aromatic N) is 4. The molecule has 101 heavy (non-hydrogen) atoms. The second-order valence-corrected chi connectivity index (χ2v) is 28.5. The molecule has 0 spiro atoms. The molecule has 0 saturated carbocycles. The fraction of sp³-hybridized carbons (Fsp3) is 0.457. The second-order valence-electron chi connectivity index (χ2n) is 28.5. The molecular formula is C81H104N4O16+4. The molecule has 20 nitrogen and oxygen atoms in total. The van der Waals surface area contributed by atoms with Crippen LogP contribution in [0.1, 0.15) is 81.4 Å². The van der Waals surface area contributed by atoms with Crippen LogP contribution >= 0.6 is 0 Å². The lowest BCUT2D eigenvalue weighted by atomic mass is 9.86. The maximum absolute atomic E-state index is 13.0. The average molecular weight is 1390 g/mol. The van der Waals surface area contributed by atoms with Gasteiger partial charge in [-0.15, -0.1) is 0 Å². The summed E-state index contributed by atoms with van der Waals surface area (Å²) in [6, 6.07) is 41.6. The number of likely N-dealkylation sites (tertiary alicyclic amines) is 1. The molecule has 10 rings (SSSR count). The van der Waals surface area contributed by atoms with Gasteiger partial charge in [0.1, 0.15) is 81.4 Å². The number of esters is 4. The van der Waals surface area contributed by atoms with Gasteiger partial charge in [-0.05, 0) is 107 Å². The number of methoxy groups -OCH3 is 6. The molecule has 0 amide bonds. The van der Waals surface area contributed by atoms with E-state index in [0.717, 1.165) is 152 Å². The van der Waals surface area contributed by atoms with Crippen molar-refractivity contribution in [2.24, 2.45) is 5.92 Å². The summed E-state index contributed by atoms with van der Waals surface area (Å²) in [6.07, 6.45) is 9.64. The molecule has 6 aromatic rings. The highest BCUT2D eigenvalue weighted by Crippen LogP contribution is 2.45. The van der Waals surface area contributed by atoms with Gasteiger partial charge in [0.05, 0.1) is 130 Å². The Morgan fingerprint density at radius 1 is 0.455 bits per heavy atom. The lowest BCUT2D eigenvalue weighted by Gasteiger charge is -2.46. The van der Waals surface area contributed by atoms with Gasteiger partial charge < -0.3 is 74.8 Å². The van der Waals surface area contributed by atoms with Gasteiger partial charge in [0.25, 0.3) is 0 Å². The number of carbonyl (C=O) groups excluding carboxylic acids is 4. The van der Waals surface area contributed by atoms with Crippen LogP contribution < -0.4 is 33.2 Å². The molecule has 0 bridgehead atoms. The number of fused-ring (bicyclic) bond motifs is 2. The number of benzene rings is 6. The van der Waals surface area contributed by atoms with Crippen molar-refractivity contribution in [3.05, 3.63) is 196 Å². The molecule has 4 aliphatic rings. The van der Waals surface area contributed by atoms with E-state index >= 15 is 0 Å². The van der Waals surface area contributed by atoms with E-state index in [1.807, 2.05) is 36.4 Å². The summed E-state index contributed by atoms with van der Waals surface area (Å²) in [7, 11) is 19.0. The van der Waals surface area contributed by atoms with Crippen LogP contribution in [0.15, 0.2) is 146 Å². The molecule has 4 heterocycles. The second kappa shape index (κ2) is 34.6. The van der Waals surface area contributed by atoms with Gasteiger partial charge >= 0.3 is 23.9 Å². The predicted octanol–water partition coefficient (Wildman–Crippen LogP) is 10.7. The van der Waals surface area contributed by atoms with E-state index in [0.29, 0.717) is 71.2 Å². The number of carbonyl (C=O) groups is 4. The first-order valence-corrected chi connectivity index (χ1v) is 35.3. The summed E-state index contributed by atoms with van der Waals surface area (Å²) >= 11 is 0. The van der Waals surface area contributed by atoms with Crippen LogP contribution in [0.5, 0.6) is 40.2 Å². The van der Waals surface area contributed by atoms with Gasteiger partial charge in [0.15, 0.2) is 23.0 Å². The Morgan fingerprint density at radius 3 is 1.42 bits per heavy atom. The van der Waals surface area contributed by atoms with Crippen LogP contribution in [-0.4, -0.2) is 204 Å². The Hall–Kier alpha value is -8.92. The van der Waals surface area contributed by atoms with E-state index in [-0.39, 0.29) is 43.9 Å². The highest BCUT2D eigenvalue weighted by molar-refractivity contribution is 5.92. The third kappa shape index (κ3) is 20.2. The Morgan fingerprint density at radius 2 is 0.901 bits per heavy atom. The van der Waals surface area contributed by atoms with Crippen LogP contribution in [-0.2, 0) is 88.2 Å². The minimum Gasteiger partial charge on any atom is -0.497 e. The molecule has 0 aliphatic carbocycles. The summed E-state index contributed by atoms with van der Waals surface area (Å²) in [6.45, 7) is 9.66. The molecule has 8 atom stereocenters. The van der Waals surface area contributed by atoms with Gasteiger partial charge in [-0.2, -0.15) is 0 Å². The number of morpholine rings is 1. The van der Waals surface area contributed by atoms with Crippen LogP contribution in [0, 0.1) is 5.92 Å². The SMILES string of the molecule is COc1ccc(CC2c3cc(OC)c(OC)cc3CC[N+]2(C)CCCOC(=O)/C=C\C(=O)OCC2C[N+](C)(Cc3cccc(COc4cc5c(cc4OC)CC[N+](C)(CCCOC(=O)/C=C\C(=O)OCC4CC[N+](C)(Cc6ccc(OC)cc6)C4)C5Cc4ccc(OC)cc4)c3)CCO2)cc1. The van der Waals surface area contributed by atoms with Gasteiger partial charge in [-0.3, -0.25) is 0 Å². The molecule has 6 aromatic carbocycles.